The Morgan fingerprint density at radius 1 is 0.966 bits per heavy atom. The van der Waals surface area contributed by atoms with Gasteiger partial charge in [0.05, 0.1) is 22.9 Å². The molecule has 2 atom stereocenters. The van der Waals surface area contributed by atoms with Crippen LogP contribution in [0, 0.1) is 5.82 Å². The van der Waals surface area contributed by atoms with Crippen molar-refractivity contribution < 1.29 is 26.0 Å². The zero-order valence-corrected chi connectivity index (χ0v) is 18.1. The van der Waals surface area contributed by atoms with Crippen molar-refractivity contribution in [2.75, 3.05) is 16.8 Å². The third-order valence-electron chi connectivity index (χ3n) is 4.35. The van der Waals surface area contributed by atoms with E-state index in [1.54, 1.807) is 19.1 Å². The average Bonchev–Trinajstić information content (AvgIpc) is 2.61. The fourth-order valence-electron chi connectivity index (χ4n) is 2.83. The number of anilines is 1. The van der Waals surface area contributed by atoms with Crippen LogP contribution in [0.2, 0.25) is 0 Å². The van der Waals surface area contributed by atoms with E-state index in [0.717, 1.165) is 22.9 Å². The van der Waals surface area contributed by atoms with E-state index in [0.29, 0.717) is 5.56 Å². The summed E-state index contributed by atoms with van der Waals surface area (Å²) >= 11 is 0. The first-order valence-electron chi connectivity index (χ1n) is 8.66. The van der Waals surface area contributed by atoms with Crippen molar-refractivity contribution in [3.8, 4) is 0 Å². The summed E-state index contributed by atoms with van der Waals surface area (Å²) in [4.78, 5) is 12.8. The molecule has 0 unspecified atom stereocenters. The van der Waals surface area contributed by atoms with Crippen LogP contribution in [-0.4, -0.2) is 41.3 Å². The molecule has 7 nitrogen and oxygen atoms in total. The van der Waals surface area contributed by atoms with Crippen LogP contribution >= 0.6 is 0 Å². The molecule has 1 amide bonds. The first-order valence-corrected chi connectivity index (χ1v) is 12.4. The SMILES string of the molecule is C[C@H](C(=O)N[C@H](C)c1ccc(S(C)(=O)=O)cc1)N(c1ccccc1F)S(C)(=O)=O. The molecule has 2 aromatic carbocycles. The van der Waals surface area contributed by atoms with Crippen molar-refractivity contribution in [3.05, 3.63) is 59.9 Å². The Kier molecular flexibility index (Phi) is 6.69. The minimum Gasteiger partial charge on any atom is -0.348 e. The number of sulfonamides is 1. The van der Waals surface area contributed by atoms with E-state index in [2.05, 4.69) is 5.32 Å². The summed E-state index contributed by atoms with van der Waals surface area (Å²) < 4.78 is 62.5. The van der Waals surface area contributed by atoms with Crippen LogP contribution in [0.25, 0.3) is 0 Å². The number of amides is 1. The maximum atomic E-state index is 14.2. The Hall–Kier alpha value is -2.46. The fourth-order valence-corrected chi connectivity index (χ4v) is 4.64. The highest BCUT2D eigenvalue weighted by Crippen LogP contribution is 2.24. The van der Waals surface area contributed by atoms with Crippen molar-refractivity contribution in [3.63, 3.8) is 0 Å². The second kappa shape index (κ2) is 8.50. The van der Waals surface area contributed by atoms with Crippen LogP contribution in [0.3, 0.4) is 0 Å². The summed E-state index contributed by atoms with van der Waals surface area (Å²) in [6.07, 6.45) is 1.99. The number of para-hydroxylation sites is 1. The smallest absolute Gasteiger partial charge is 0.244 e. The van der Waals surface area contributed by atoms with Crippen LogP contribution in [0.1, 0.15) is 25.5 Å². The summed E-state index contributed by atoms with van der Waals surface area (Å²) in [5.41, 5.74) is 0.414. The largest absolute Gasteiger partial charge is 0.348 e. The number of nitrogens with one attached hydrogen (secondary N) is 1. The number of rotatable bonds is 7. The van der Waals surface area contributed by atoms with E-state index in [1.165, 1.54) is 37.3 Å². The number of nitrogens with zero attached hydrogens (tertiary/aromatic N) is 1. The molecule has 0 saturated heterocycles. The molecule has 0 aromatic heterocycles. The molecule has 0 aliphatic rings. The summed E-state index contributed by atoms with van der Waals surface area (Å²) in [6.45, 7) is 3.04. The summed E-state index contributed by atoms with van der Waals surface area (Å²) in [5, 5.41) is 2.68. The second-order valence-electron chi connectivity index (χ2n) is 6.76. The van der Waals surface area contributed by atoms with Gasteiger partial charge >= 0.3 is 0 Å². The van der Waals surface area contributed by atoms with Gasteiger partial charge in [-0.2, -0.15) is 0 Å². The predicted molar refractivity (Wildman–Crippen MR) is 109 cm³/mol. The number of sulfone groups is 1. The molecule has 0 aliphatic carbocycles. The van der Waals surface area contributed by atoms with E-state index >= 15 is 0 Å². The van der Waals surface area contributed by atoms with E-state index < -0.39 is 43.7 Å². The summed E-state index contributed by atoms with van der Waals surface area (Å²) in [6, 6.07) is 9.56. The van der Waals surface area contributed by atoms with Crippen molar-refractivity contribution in [1.82, 2.24) is 5.32 Å². The number of carbonyl (C=O) groups excluding carboxylic acids is 1. The third kappa shape index (κ3) is 5.54. The fraction of sp³-hybridized carbons (Fsp3) is 0.316. The van der Waals surface area contributed by atoms with Crippen molar-refractivity contribution in [2.24, 2.45) is 0 Å². The van der Waals surface area contributed by atoms with Gasteiger partial charge < -0.3 is 5.32 Å². The highest BCUT2D eigenvalue weighted by molar-refractivity contribution is 7.92. The quantitative estimate of drug-likeness (QED) is 0.709. The maximum Gasteiger partial charge on any atom is 0.244 e. The minimum absolute atomic E-state index is 0.149. The Bertz CT molecular complexity index is 1100. The molecule has 0 fully saturated rings. The minimum atomic E-state index is -3.94. The van der Waals surface area contributed by atoms with Gasteiger partial charge in [-0.15, -0.1) is 0 Å². The van der Waals surface area contributed by atoms with E-state index in [1.807, 2.05) is 0 Å². The van der Waals surface area contributed by atoms with Gasteiger partial charge in [0.15, 0.2) is 9.84 Å². The molecule has 0 saturated carbocycles. The zero-order valence-electron chi connectivity index (χ0n) is 16.5. The number of carbonyl (C=O) groups is 1. The van der Waals surface area contributed by atoms with Crippen LogP contribution < -0.4 is 9.62 Å². The molecule has 2 aromatic rings. The third-order valence-corrected chi connectivity index (χ3v) is 6.70. The lowest BCUT2D eigenvalue weighted by molar-refractivity contribution is -0.122. The Morgan fingerprint density at radius 3 is 2.00 bits per heavy atom. The number of benzene rings is 2. The van der Waals surface area contributed by atoms with E-state index in [4.69, 9.17) is 0 Å². The second-order valence-corrected chi connectivity index (χ2v) is 10.6. The van der Waals surface area contributed by atoms with Crippen molar-refractivity contribution >= 4 is 31.5 Å². The Morgan fingerprint density at radius 2 is 1.52 bits per heavy atom. The molecule has 0 bridgehead atoms. The summed E-state index contributed by atoms with van der Waals surface area (Å²) in [5.74, 6) is -1.39. The van der Waals surface area contributed by atoms with Gasteiger partial charge in [-0.05, 0) is 43.7 Å². The molecule has 158 valence electrons. The van der Waals surface area contributed by atoms with Crippen LogP contribution in [0.5, 0.6) is 0 Å². The number of hydrogen-bond acceptors (Lipinski definition) is 5. The molecule has 2 rings (SSSR count). The molecule has 0 radical (unpaired) electrons. The Labute approximate surface area is 170 Å². The van der Waals surface area contributed by atoms with Gasteiger partial charge in [0, 0.05) is 6.26 Å². The van der Waals surface area contributed by atoms with Gasteiger partial charge in [-0.3, -0.25) is 9.10 Å². The molecule has 10 heteroatoms. The van der Waals surface area contributed by atoms with E-state index in [-0.39, 0.29) is 10.6 Å². The molecule has 29 heavy (non-hydrogen) atoms. The van der Waals surface area contributed by atoms with Gasteiger partial charge in [0.2, 0.25) is 15.9 Å². The van der Waals surface area contributed by atoms with Crippen LogP contribution in [-0.2, 0) is 24.7 Å². The molecule has 0 heterocycles. The van der Waals surface area contributed by atoms with Gasteiger partial charge in [0.25, 0.3) is 0 Å². The topological polar surface area (TPSA) is 101 Å². The normalized spacial score (nSPS) is 14.1. The van der Waals surface area contributed by atoms with Gasteiger partial charge in [-0.25, -0.2) is 21.2 Å². The highest BCUT2D eigenvalue weighted by atomic mass is 32.2. The van der Waals surface area contributed by atoms with Crippen molar-refractivity contribution in [1.29, 1.82) is 0 Å². The lowest BCUT2D eigenvalue weighted by atomic mass is 10.1. The zero-order chi connectivity index (χ0) is 22.0. The van der Waals surface area contributed by atoms with Gasteiger partial charge in [-0.1, -0.05) is 24.3 Å². The first kappa shape index (κ1) is 22.8. The molecular weight excluding hydrogens is 419 g/mol. The molecular formula is C19H23FN2O5S2. The van der Waals surface area contributed by atoms with Gasteiger partial charge in [0.1, 0.15) is 11.9 Å². The van der Waals surface area contributed by atoms with Crippen LogP contribution in [0.4, 0.5) is 10.1 Å². The Balaban J connectivity index is 2.24. The summed E-state index contributed by atoms with van der Waals surface area (Å²) in [7, 11) is -7.28. The van der Waals surface area contributed by atoms with E-state index in [9.17, 15) is 26.0 Å². The number of hydrogen-bond donors (Lipinski definition) is 1. The monoisotopic (exact) mass is 442 g/mol. The maximum absolute atomic E-state index is 14.2. The lowest BCUT2D eigenvalue weighted by Crippen LogP contribution is -2.48. The predicted octanol–water partition coefficient (Wildman–Crippen LogP) is 2.26. The average molecular weight is 443 g/mol. The highest BCUT2D eigenvalue weighted by Gasteiger charge is 2.31. The van der Waals surface area contributed by atoms with Crippen LogP contribution in [0.15, 0.2) is 53.4 Å². The molecule has 1 N–H and O–H groups in total. The lowest BCUT2D eigenvalue weighted by Gasteiger charge is -2.29. The van der Waals surface area contributed by atoms with Crippen molar-refractivity contribution in [2.45, 2.75) is 30.8 Å². The first-order chi connectivity index (χ1) is 13.3. The molecule has 0 spiro atoms. The number of halogens is 1. The standard InChI is InChI=1S/C19H23FN2O5S2/c1-13(15-9-11-16(12-10-15)28(3,24)25)21-19(23)14(2)22(29(4,26)27)18-8-6-5-7-17(18)20/h5-14H,1-4H3,(H,21,23)/t13-,14-/m1/s1. The molecule has 0 aliphatic heterocycles.